The van der Waals surface area contributed by atoms with Gasteiger partial charge in [0, 0.05) is 59.9 Å². The number of allylic oxidation sites excluding steroid dienone is 3. The molecular weight excluding hydrogens is 560 g/mol. The van der Waals surface area contributed by atoms with Crippen LogP contribution in [0, 0.1) is 5.41 Å². The van der Waals surface area contributed by atoms with Crippen molar-refractivity contribution in [3.8, 4) is 0 Å². The molecule has 3 aliphatic carbocycles. The number of hydrogen-bond donors (Lipinski definition) is 1. The first-order valence-corrected chi connectivity index (χ1v) is 16.6. The van der Waals surface area contributed by atoms with Crippen molar-refractivity contribution in [2.24, 2.45) is 11.1 Å². The predicted molar refractivity (Wildman–Crippen MR) is 163 cm³/mol. The second kappa shape index (κ2) is 9.38. The molecule has 1 aromatic heterocycles. The number of pyridine rings is 1. The molecule has 2 N–H and O–H groups in total. The summed E-state index contributed by atoms with van der Waals surface area (Å²) < 4.78 is 25.3. The smallest absolute Gasteiger partial charge is 0.233 e. The molecule has 2 aromatic carbocycles. The molecule has 0 amide bonds. The Kier molecular flexibility index (Phi) is 6.13. The number of fused-ring (bicyclic) bond motifs is 1. The molecule has 3 aromatic rings. The van der Waals surface area contributed by atoms with E-state index < -0.39 is 10.0 Å². The van der Waals surface area contributed by atoms with Crippen molar-refractivity contribution < 1.29 is 8.42 Å². The van der Waals surface area contributed by atoms with Gasteiger partial charge in [-0.1, -0.05) is 65.8 Å². The number of nitrogens with two attached hydrogens (primary N) is 1. The topological polar surface area (TPSA) is 79.5 Å². The van der Waals surface area contributed by atoms with E-state index in [1.54, 1.807) is 18.0 Å². The molecule has 0 saturated carbocycles. The van der Waals surface area contributed by atoms with E-state index >= 15 is 0 Å². The van der Waals surface area contributed by atoms with Gasteiger partial charge in [0.1, 0.15) is 0 Å². The van der Waals surface area contributed by atoms with Gasteiger partial charge in [-0.3, -0.25) is 4.31 Å². The van der Waals surface area contributed by atoms with Crippen LogP contribution < -0.4 is 10.0 Å². The van der Waals surface area contributed by atoms with Gasteiger partial charge in [0.2, 0.25) is 10.0 Å². The number of aromatic nitrogens is 1. The van der Waals surface area contributed by atoms with E-state index in [9.17, 15) is 8.42 Å². The van der Waals surface area contributed by atoms with Crippen LogP contribution in [0.1, 0.15) is 46.7 Å². The van der Waals surface area contributed by atoms with Gasteiger partial charge in [0.25, 0.3) is 0 Å². The van der Waals surface area contributed by atoms with Crippen molar-refractivity contribution in [2.45, 2.75) is 41.5 Å². The first-order chi connectivity index (χ1) is 19.2. The van der Waals surface area contributed by atoms with E-state index in [2.05, 4.69) is 58.4 Å². The Bertz CT molecular complexity index is 1730. The lowest BCUT2D eigenvalue weighted by Crippen LogP contribution is -2.44. The van der Waals surface area contributed by atoms with Gasteiger partial charge >= 0.3 is 0 Å². The molecular formula is C31H31ClN4O2S2. The Morgan fingerprint density at radius 1 is 1.07 bits per heavy atom. The molecule has 1 fully saturated rings. The number of benzene rings is 2. The van der Waals surface area contributed by atoms with Gasteiger partial charge in [0.05, 0.1) is 11.3 Å². The summed E-state index contributed by atoms with van der Waals surface area (Å²) in [6.45, 7) is 2.06. The summed E-state index contributed by atoms with van der Waals surface area (Å²) in [7, 11) is -2.01. The maximum atomic E-state index is 12.1. The van der Waals surface area contributed by atoms with Crippen molar-refractivity contribution >= 4 is 50.9 Å². The quantitative estimate of drug-likeness (QED) is 0.398. The SMILES string of the molecule is CN(c1nccc(Sc2ccc3c4c2C=CC4=C(N2CCC4(CC2)Cc2ccccc2C4N)C3)c1Cl)S(C)(=O)=O. The summed E-state index contributed by atoms with van der Waals surface area (Å²) in [4.78, 5) is 8.69. The summed E-state index contributed by atoms with van der Waals surface area (Å²) in [5.74, 6) is 0.234. The standard InChI is InChI=1S/C31H31ClN4O2S2/c1-35(40(2,37)38)30-28(32)26(11-14-34-30)39-25-10-7-19-17-24(22-8-9-23(25)27(19)22)36-15-12-31(13-16-36)18-20-5-3-4-6-21(20)29(31)33/h3-11,14,29H,12-13,15-18,33H2,1-2H3. The van der Waals surface area contributed by atoms with Crippen LogP contribution in [0.3, 0.4) is 0 Å². The second-order valence-electron chi connectivity index (χ2n) is 11.4. The summed E-state index contributed by atoms with van der Waals surface area (Å²) in [5.41, 5.74) is 16.4. The fourth-order valence-corrected chi connectivity index (χ4v) is 8.75. The van der Waals surface area contributed by atoms with Crippen LogP contribution >= 0.6 is 23.4 Å². The zero-order valence-corrected chi connectivity index (χ0v) is 24.9. The largest absolute Gasteiger partial charge is 0.374 e. The van der Waals surface area contributed by atoms with Gasteiger partial charge in [0.15, 0.2) is 5.82 Å². The zero-order valence-electron chi connectivity index (χ0n) is 22.5. The number of nitrogens with zero attached hydrogens (tertiary/aromatic N) is 3. The first kappa shape index (κ1) is 26.1. The molecule has 6 nitrogen and oxygen atoms in total. The lowest BCUT2D eigenvalue weighted by atomic mass is 9.73. The molecule has 4 aliphatic rings. The fraction of sp³-hybridized carbons (Fsp3) is 0.323. The third-order valence-corrected chi connectivity index (χ3v) is 12.0. The third kappa shape index (κ3) is 4.03. The normalized spacial score (nSPS) is 20.4. The fourth-order valence-electron chi connectivity index (χ4n) is 6.93. The molecule has 1 spiro atoms. The molecule has 0 bridgehead atoms. The maximum Gasteiger partial charge on any atom is 0.233 e. The molecule has 7 rings (SSSR count). The third-order valence-electron chi connectivity index (χ3n) is 9.23. The summed E-state index contributed by atoms with van der Waals surface area (Å²) >= 11 is 8.22. The average molecular weight is 591 g/mol. The Hall–Kier alpha value is -2.78. The van der Waals surface area contributed by atoms with Crippen molar-refractivity contribution in [3.63, 3.8) is 0 Å². The number of rotatable bonds is 5. The highest BCUT2D eigenvalue weighted by Gasteiger charge is 2.46. The van der Waals surface area contributed by atoms with Gasteiger partial charge in [-0.05, 0) is 64.6 Å². The number of likely N-dealkylation sites (tertiary alicyclic amines) is 1. The molecule has 206 valence electrons. The summed E-state index contributed by atoms with van der Waals surface area (Å²) in [5, 5.41) is 0.334. The van der Waals surface area contributed by atoms with Crippen molar-refractivity contribution in [1.82, 2.24) is 9.88 Å². The van der Waals surface area contributed by atoms with Gasteiger partial charge < -0.3 is 10.6 Å². The van der Waals surface area contributed by atoms with Crippen LogP contribution in [0.5, 0.6) is 0 Å². The van der Waals surface area contributed by atoms with E-state index in [1.165, 1.54) is 46.1 Å². The molecule has 9 heteroatoms. The highest BCUT2D eigenvalue weighted by molar-refractivity contribution is 7.99. The van der Waals surface area contributed by atoms with Gasteiger partial charge in [-0.15, -0.1) is 0 Å². The minimum Gasteiger partial charge on any atom is -0.374 e. The molecule has 1 unspecified atom stereocenters. The Balaban J connectivity index is 1.13. The summed E-state index contributed by atoms with van der Waals surface area (Å²) in [6, 6.07) is 15.1. The van der Waals surface area contributed by atoms with Crippen molar-refractivity contribution in [1.29, 1.82) is 0 Å². The molecule has 0 radical (unpaired) electrons. The molecule has 1 aliphatic heterocycles. The van der Waals surface area contributed by atoms with E-state index in [0.717, 1.165) is 59.1 Å². The van der Waals surface area contributed by atoms with Crippen molar-refractivity contribution in [2.75, 3.05) is 30.7 Å². The van der Waals surface area contributed by atoms with Crippen molar-refractivity contribution in [3.05, 3.63) is 93.3 Å². The summed E-state index contributed by atoms with van der Waals surface area (Å²) in [6.07, 6.45) is 11.5. The van der Waals surface area contributed by atoms with E-state index in [1.807, 2.05) is 6.07 Å². The van der Waals surface area contributed by atoms with Crippen LogP contribution in [0.4, 0.5) is 5.82 Å². The number of sulfonamides is 1. The lowest BCUT2D eigenvalue weighted by molar-refractivity contribution is 0.109. The van der Waals surface area contributed by atoms with Gasteiger partial charge in [-0.25, -0.2) is 13.4 Å². The number of hydrogen-bond acceptors (Lipinski definition) is 6. The number of anilines is 1. The highest BCUT2D eigenvalue weighted by Crippen LogP contribution is 2.53. The van der Waals surface area contributed by atoms with E-state index in [-0.39, 0.29) is 17.3 Å². The Labute approximate surface area is 245 Å². The minimum atomic E-state index is -3.48. The predicted octanol–water partition coefficient (Wildman–Crippen LogP) is 5.91. The Morgan fingerprint density at radius 2 is 1.85 bits per heavy atom. The maximum absolute atomic E-state index is 12.1. The Morgan fingerprint density at radius 3 is 2.60 bits per heavy atom. The average Bonchev–Trinajstić information content (AvgIpc) is 3.61. The highest BCUT2D eigenvalue weighted by atomic mass is 35.5. The minimum absolute atomic E-state index is 0.125. The lowest BCUT2D eigenvalue weighted by Gasteiger charge is -2.43. The first-order valence-electron chi connectivity index (χ1n) is 13.6. The van der Waals surface area contributed by atoms with Crippen LogP contribution in [-0.4, -0.2) is 44.7 Å². The van der Waals surface area contributed by atoms with Gasteiger partial charge in [-0.2, -0.15) is 0 Å². The molecule has 1 atom stereocenters. The van der Waals surface area contributed by atoms with Crippen LogP contribution in [0.2, 0.25) is 5.02 Å². The monoisotopic (exact) mass is 590 g/mol. The number of halogens is 1. The second-order valence-corrected chi connectivity index (χ2v) is 14.8. The molecule has 2 heterocycles. The molecule has 40 heavy (non-hydrogen) atoms. The zero-order chi connectivity index (χ0) is 27.8. The number of piperidine rings is 1. The van der Waals surface area contributed by atoms with E-state index in [4.69, 9.17) is 17.3 Å². The van der Waals surface area contributed by atoms with E-state index in [0.29, 0.717) is 5.02 Å². The van der Waals surface area contributed by atoms with Crippen LogP contribution in [0.15, 0.2) is 70.2 Å². The van der Waals surface area contributed by atoms with Crippen LogP contribution in [0.25, 0.3) is 11.6 Å². The van der Waals surface area contributed by atoms with Crippen LogP contribution in [-0.2, 0) is 22.9 Å². The molecule has 1 saturated heterocycles.